The lowest BCUT2D eigenvalue weighted by Crippen LogP contribution is -2.30. The lowest BCUT2D eigenvalue weighted by molar-refractivity contribution is 0.0942. The molecule has 2 aromatic heterocycles. The van der Waals surface area contributed by atoms with Gasteiger partial charge in [0.05, 0.1) is 29.9 Å². The van der Waals surface area contributed by atoms with Crippen molar-refractivity contribution in [2.75, 3.05) is 39.9 Å². The molecule has 5 rings (SSSR count). The number of likely N-dealkylation sites (N-methyl/N-ethyl adjacent to an activating group) is 1. The number of halogens is 1. The van der Waals surface area contributed by atoms with Gasteiger partial charge < -0.3 is 34.6 Å². The van der Waals surface area contributed by atoms with Gasteiger partial charge in [-0.25, -0.2) is 5.10 Å². The number of rotatable bonds is 20. The van der Waals surface area contributed by atoms with Gasteiger partial charge >= 0.3 is 0 Å². The number of aromatic nitrogens is 5. The van der Waals surface area contributed by atoms with E-state index in [0.717, 1.165) is 51.1 Å². The summed E-state index contributed by atoms with van der Waals surface area (Å²) in [5, 5.41) is 45.7. The van der Waals surface area contributed by atoms with Gasteiger partial charge in [-0.15, -0.1) is 5.10 Å². The number of pyridine rings is 1. The molecule has 0 fully saturated rings. The number of nitrogens with zero attached hydrogens (tertiary/aromatic N) is 6. The Morgan fingerprint density at radius 2 is 1.74 bits per heavy atom. The highest BCUT2D eigenvalue weighted by atomic mass is 35.5. The molecular formula is C40H47ClN8O5. The van der Waals surface area contributed by atoms with E-state index in [1.807, 2.05) is 43.4 Å². The highest BCUT2D eigenvalue weighted by Gasteiger charge is 2.18. The maximum Gasteiger partial charge on any atom is 0.152 e. The summed E-state index contributed by atoms with van der Waals surface area (Å²) >= 11 is 6.87. The number of ether oxygens (including phenoxy) is 3. The largest absolute Gasteiger partial charge is 0.493 e. The number of hydrogen-bond donors (Lipinski definition) is 4. The summed E-state index contributed by atoms with van der Waals surface area (Å²) in [7, 11) is 2.01. The Balaban J connectivity index is 1.30. The zero-order valence-electron chi connectivity index (χ0n) is 31.0. The standard InChI is InChI=1S/C40H47ClN8O5/c1-26(40-45-47-48-46-40)21-49(4)22-32-15-36(41)39(16-38(32)53-24-30-14-29(17-42)18-44-19-30)54-25-31-8-5-9-34(27(31)2)35-10-6-11-37(28(35)3)52-13-7-12-43-20-33(51)23-50/h5-6,8-11,14-16,18-19,26,33,43,50-51H,7,12-13,20-25H2,1-4H3,(H,45,46,47,48)/t26?,33-/m0/s1. The van der Waals surface area contributed by atoms with Crippen LogP contribution in [0.25, 0.3) is 11.1 Å². The number of aromatic amines is 1. The molecule has 0 aliphatic rings. The summed E-state index contributed by atoms with van der Waals surface area (Å²) in [5.41, 5.74) is 7.37. The van der Waals surface area contributed by atoms with E-state index < -0.39 is 6.10 Å². The molecule has 2 heterocycles. The van der Waals surface area contributed by atoms with E-state index in [0.29, 0.717) is 60.7 Å². The Morgan fingerprint density at radius 3 is 2.50 bits per heavy atom. The van der Waals surface area contributed by atoms with Crippen molar-refractivity contribution in [2.45, 2.75) is 59.0 Å². The Hall–Kier alpha value is -5.10. The van der Waals surface area contributed by atoms with Crippen molar-refractivity contribution in [3.63, 3.8) is 0 Å². The van der Waals surface area contributed by atoms with Crippen molar-refractivity contribution >= 4 is 11.6 Å². The normalized spacial score (nSPS) is 12.4. The summed E-state index contributed by atoms with van der Waals surface area (Å²) in [6.45, 7) is 9.16. The number of nitriles is 1. The van der Waals surface area contributed by atoms with Gasteiger partial charge in [0, 0.05) is 55.1 Å². The molecule has 13 nitrogen and oxygen atoms in total. The molecule has 4 N–H and O–H groups in total. The van der Waals surface area contributed by atoms with Gasteiger partial charge in [0.1, 0.15) is 36.5 Å². The molecule has 54 heavy (non-hydrogen) atoms. The van der Waals surface area contributed by atoms with Crippen LogP contribution in [0.1, 0.15) is 58.5 Å². The van der Waals surface area contributed by atoms with Gasteiger partial charge in [0.2, 0.25) is 0 Å². The summed E-state index contributed by atoms with van der Waals surface area (Å²) in [6.07, 6.45) is 3.19. The third-order valence-electron chi connectivity index (χ3n) is 9.04. The van der Waals surface area contributed by atoms with Gasteiger partial charge in [-0.2, -0.15) is 5.26 Å². The van der Waals surface area contributed by atoms with Crippen LogP contribution in [0.15, 0.2) is 67.0 Å². The fraction of sp³-hybridized carbons (Fsp3) is 0.375. The molecule has 284 valence electrons. The summed E-state index contributed by atoms with van der Waals surface area (Å²) in [4.78, 5) is 6.31. The fourth-order valence-corrected chi connectivity index (χ4v) is 6.32. The number of benzene rings is 3. The summed E-state index contributed by atoms with van der Waals surface area (Å²) in [5.74, 6) is 2.68. The zero-order chi connectivity index (χ0) is 38.5. The van der Waals surface area contributed by atoms with Crippen LogP contribution in [0, 0.1) is 25.2 Å². The number of aliphatic hydroxyl groups is 2. The lowest BCUT2D eigenvalue weighted by Gasteiger charge is -2.22. The SMILES string of the molecule is Cc1c(COc2cc(OCc3cncc(C#N)c3)c(CN(C)CC(C)c3nnn[nH]3)cc2Cl)cccc1-c1cccc(OCCCNC[C@H](O)CO)c1C. The molecule has 1 unspecified atom stereocenters. The molecule has 0 bridgehead atoms. The Labute approximate surface area is 320 Å². The minimum absolute atomic E-state index is 0.0670. The molecule has 0 saturated heterocycles. The van der Waals surface area contributed by atoms with Gasteiger partial charge in [0.15, 0.2) is 5.82 Å². The van der Waals surface area contributed by atoms with Crippen molar-refractivity contribution in [1.29, 1.82) is 5.26 Å². The van der Waals surface area contributed by atoms with Gasteiger partial charge in [0.25, 0.3) is 0 Å². The smallest absolute Gasteiger partial charge is 0.152 e. The molecule has 2 atom stereocenters. The van der Waals surface area contributed by atoms with Crippen LogP contribution >= 0.6 is 11.6 Å². The van der Waals surface area contributed by atoms with E-state index >= 15 is 0 Å². The first-order valence-electron chi connectivity index (χ1n) is 17.8. The van der Waals surface area contributed by atoms with Crippen LogP contribution in [-0.4, -0.2) is 86.7 Å². The third-order valence-corrected chi connectivity index (χ3v) is 9.33. The fourth-order valence-electron chi connectivity index (χ4n) is 6.08. The van der Waals surface area contributed by atoms with E-state index in [-0.39, 0.29) is 25.7 Å². The topological polar surface area (TPSA) is 175 Å². The number of aliphatic hydroxyl groups excluding tert-OH is 2. The van der Waals surface area contributed by atoms with Crippen molar-refractivity contribution < 1.29 is 24.4 Å². The van der Waals surface area contributed by atoms with Crippen LogP contribution < -0.4 is 19.5 Å². The Morgan fingerprint density at radius 1 is 0.963 bits per heavy atom. The lowest BCUT2D eigenvalue weighted by atomic mass is 9.93. The average Bonchev–Trinajstić information content (AvgIpc) is 3.72. The average molecular weight is 755 g/mol. The molecule has 0 saturated carbocycles. The quantitative estimate of drug-likeness (QED) is 0.0735. The summed E-state index contributed by atoms with van der Waals surface area (Å²) in [6, 6.07) is 19.8. The second-order valence-electron chi connectivity index (χ2n) is 13.3. The minimum atomic E-state index is -0.760. The van der Waals surface area contributed by atoms with Crippen LogP contribution in [0.3, 0.4) is 0 Å². The van der Waals surface area contributed by atoms with Gasteiger partial charge in [-0.3, -0.25) is 4.98 Å². The maximum atomic E-state index is 9.50. The number of tetrazole rings is 1. The van der Waals surface area contributed by atoms with Crippen molar-refractivity contribution in [3.05, 3.63) is 111 Å². The summed E-state index contributed by atoms with van der Waals surface area (Å²) < 4.78 is 18.9. The van der Waals surface area contributed by atoms with Crippen LogP contribution in [0.2, 0.25) is 5.02 Å². The second-order valence-corrected chi connectivity index (χ2v) is 13.7. The monoisotopic (exact) mass is 754 g/mol. The highest BCUT2D eigenvalue weighted by molar-refractivity contribution is 6.32. The van der Waals surface area contributed by atoms with E-state index in [4.69, 9.17) is 30.9 Å². The number of nitrogens with one attached hydrogen (secondary N) is 2. The van der Waals surface area contributed by atoms with Crippen LogP contribution in [0.5, 0.6) is 17.2 Å². The van der Waals surface area contributed by atoms with Gasteiger partial charge in [-0.1, -0.05) is 48.9 Å². The predicted octanol–water partition coefficient (Wildman–Crippen LogP) is 5.51. The Kier molecular flexibility index (Phi) is 14.7. The van der Waals surface area contributed by atoms with E-state index in [1.165, 1.54) is 6.20 Å². The molecule has 3 aromatic carbocycles. The zero-order valence-corrected chi connectivity index (χ0v) is 31.8. The molecule has 5 aromatic rings. The van der Waals surface area contributed by atoms with Crippen LogP contribution in [0.4, 0.5) is 0 Å². The molecular weight excluding hydrogens is 708 g/mol. The predicted molar refractivity (Wildman–Crippen MR) is 205 cm³/mol. The van der Waals surface area contributed by atoms with Crippen LogP contribution in [-0.2, 0) is 19.8 Å². The molecule has 14 heteroatoms. The van der Waals surface area contributed by atoms with Crippen molar-refractivity contribution in [2.24, 2.45) is 0 Å². The molecule has 0 radical (unpaired) electrons. The molecule has 0 amide bonds. The first-order chi connectivity index (χ1) is 26.2. The number of hydrogen-bond acceptors (Lipinski definition) is 12. The second kappa shape index (κ2) is 19.8. The van der Waals surface area contributed by atoms with E-state index in [9.17, 15) is 10.4 Å². The Bertz CT molecular complexity index is 2010. The first kappa shape index (κ1) is 40.1. The molecule has 0 spiro atoms. The third kappa shape index (κ3) is 11.0. The van der Waals surface area contributed by atoms with Crippen molar-refractivity contribution in [3.8, 4) is 34.4 Å². The minimum Gasteiger partial charge on any atom is -0.493 e. The first-order valence-corrected chi connectivity index (χ1v) is 18.2. The van der Waals surface area contributed by atoms with Crippen molar-refractivity contribution in [1.82, 2.24) is 35.8 Å². The van der Waals surface area contributed by atoms with E-state index in [1.54, 1.807) is 12.3 Å². The van der Waals surface area contributed by atoms with E-state index in [2.05, 4.69) is 74.8 Å². The number of H-pyrrole nitrogens is 1. The highest BCUT2D eigenvalue weighted by Crippen LogP contribution is 2.37. The molecule has 0 aliphatic heterocycles. The molecule has 0 aliphatic carbocycles. The van der Waals surface area contributed by atoms with Gasteiger partial charge in [-0.05, 0) is 90.3 Å². The maximum absolute atomic E-state index is 9.50.